The minimum Gasteiger partial charge on any atom is -0.469 e. The molecule has 1 aliphatic carbocycles. The number of amides is 1. The molecule has 0 unspecified atom stereocenters. The molecule has 1 saturated carbocycles. The smallest absolute Gasteiger partial charge is 0.412 e. The summed E-state index contributed by atoms with van der Waals surface area (Å²) in [6, 6.07) is -0.404. The molecule has 1 heterocycles. The average molecular weight is 355 g/mol. The van der Waals surface area contributed by atoms with Gasteiger partial charge in [-0.25, -0.2) is 4.79 Å². The van der Waals surface area contributed by atoms with Gasteiger partial charge in [0.2, 0.25) is 0 Å². The number of Topliss-reactive ketones (excluding diaryl/α,β-unsaturated/α-hetero) is 1. The lowest BCUT2D eigenvalue weighted by Crippen LogP contribution is -2.54. The second-order valence-corrected chi connectivity index (χ2v) is 8.25. The number of rotatable bonds is 2. The molecule has 1 amide bonds. The van der Waals surface area contributed by atoms with Crippen LogP contribution in [0, 0.1) is 11.8 Å². The van der Waals surface area contributed by atoms with E-state index in [0.29, 0.717) is 12.8 Å². The Labute approximate surface area is 149 Å². The Kier molecular flexibility index (Phi) is 5.47. The molecule has 7 heteroatoms. The van der Waals surface area contributed by atoms with Crippen LogP contribution < -0.4 is 0 Å². The Morgan fingerprint density at radius 3 is 2.48 bits per heavy atom. The molecule has 2 fully saturated rings. The second kappa shape index (κ2) is 6.94. The molecular weight excluding hydrogens is 326 g/mol. The fourth-order valence-corrected chi connectivity index (χ4v) is 3.70. The minimum absolute atomic E-state index is 0.0963. The van der Waals surface area contributed by atoms with Gasteiger partial charge in [-0.3, -0.25) is 14.5 Å². The molecule has 0 aromatic carbocycles. The summed E-state index contributed by atoms with van der Waals surface area (Å²) >= 11 is 0. The monoisotopic (exact) mass is 355 g/mol. The largest absolute Gasteiger partial charge is 0.469 e. The standard InChI is InChI=1S/C18H29NO6/c1-17(2,3)25-16(22)19-14(10-24-18(19,4)5)13-9-11(20)7-8-12(13)15(21)23-6/h12-14H,7-10H2,1-6H3/t12-,13-,14-/m1/s1. The Hall–Kier alpha value is -1.63. The zero-order chi connectivity index (χ0) is 19.0. The van der Waals surface area contributed by atoms with Crippen LogP contribution in [0.2, 0.25) is 0 Å². The second-order valence-electron chi connectivity index (χ2n) is 8.25. The van der Waals surface area contributed by atoms with E-state index in [1.807, 2.05) is 0 Å². The van der Waals surface area contributed by atoms with Gasteiger partial charge in [-0.1, -0.05) is 0 Å². The van der Waals surface area contributed by atoms with E-state index in [9.17, 15) is 14.4 Å². The van der Waals surface area contributed by atoms with Gasteiger partial charge < -0.3 is 14.2 Å². The molecule has 0 radical (unpaired) electrons. The highest BCUT2D eigenvalue weighted by atomic mass is 16.6. The van der Waals surface area contributed by atoms with Gasteiger partial charge in [-0.05, 0) is 41.0 Å². The zero-order valence-corrected chi connectivity index (χ0v) is 16.0. The van der Waals surface area contributed by atoms with Crippen molar-refractivity contribution in [1.29, 1.82) is 0 Å². The Morgan fingerprint density at radius 1 is 1.28 bits per heavy atom. The number of carbonyl (C=O) groups is 3. The van der Waals surface area contributed by atoms with Crippen LogP contribution >= 0.6 is 0 Å². The highest BCUT2D eigenvalue weighted by Crippen LogP contribution is 2.40. The minimum atomic E-state index is -0.867. The predicted octanol–water partition coefficient (Wildman–Crippen LogP) is 2.52. The predicted molar refractivity (Wildman–Crippen MR) is 89.7 cm³/mol. The maximum absolute atomic E-state index is 12.8. The maximum Gasteiger partial charge on any atom is 0.412 e. The van der Waals surface area contributed by atoms with Crippen LogP contribution in [0.4, 0.5) is 4.79 Å². The summed E-state index contributed by atoms with van der Waals surface area (Å²) in [6.45, 7) is 9.22. The molecule has 2 rings (SSSR count). The van der Waals surface area contributed by atoms with Gasteiger partial charge in [0.15, 0.2) is 0 Å². The van der Waals surface area contributed by atoms with E-state index >= 15 is 0 Å². The highest BCUT2D eigenvalue weighted by Gasteiger charge is 2.52. The van der Waals surface area contributed by atoms with Crippen LogP contribution in [0.5, 0.6) is 0 Å². The SMILES string of the molecule is COC(=O)[C@@H]1CCC(=O)C[C@H]1[C@H]1COC(C)(C)N1C(=O)OC(C)(C)C. The topological polar surface area (TPSA) is 82.1 Å². The highest BCUT2D eigenvalue weighted by molar-refractivity contribution is 5.83. The normalized spacial score (nSPS) is 29.4. The Morgan fingerprint density at radius 2 is 1.92 bits per heavy atom. The van der Waals surface area contributed by atoms with Crippen molar-refractivity contribution in [2.24, 2.45) is 11.8 Å². The third-order valence-electron chi connectivity index (χ3n) is 4.82. The van der Waals surface area contributed by atoms with Crippen molar-refractivity contribution in [3.05, 3.63) is 0 Å². The number of esters is 1. The molecule has 0 spiro atoms. The van der Waals surface area contributed by atoms with Crippen molar-refractivity contribution in [2.75, 3.05) is 13.7 Å². The summed E-state index contributed by atoms with van der Waals surface area (Å²) in [6.07, 6.45) is 0.541. The third kappa shape index (κ3) is 4.32. The van der Waals surface area contributed by atoms with Crippen molar-refractivity contribution < 1.29 is 28.6 Å². The van der Waals surface area contributed by atoms with Gasteiger partial charge in [0.05, 0.1) is 25.7 Å². The first-order chi connectivity index (χ1) is 11.5. The summed E-state index contributed by atoms with van der Waals surface area (Å²) in [4.78, 5) is 38.5. The van der Waals surface area contributed by atoms with Crippen molar-refractivity contribution in [3.8, 4) is 0 Å². The van der Waals surface area contributed by atoms with E-state index < -0.39 is 29.4 Å². The summed E-state index contributed by atoms with van der Waals surface area (Å²) in [5.74, 6) is -0.997. The van der Waals surface area contributed by atoms with Gasteiger partial charge >= 0.3 is 12.1 Å². The van der Waals surface area contributed by atoms with Crippen LogP contribution in [-0.4, -0.2) is 53.8 Å². The van der Waals surface area contributed by atoms with Gasteiger partial charge in [-0.2, -0.15) is 0 Å². The van der Waals surface area contributed by atoms with Crippen LogP contribution in [0.3, 0.4) is 0 Å². The van der Waals surface area contributed by atoms with E-state index in [4.69, 9.17) is 14.2 Å². The molecule has 3 atom stereocenters. The maximum atomic E-state index is 12.8. The summed E-state index contributed by atoms with van der Waals surface area (Å²) < 4.78 is 16.3. The van der Waals surface area contributed by atoms with Crippen LogP contribution in [0.15, 0.2) is 0 Å². The number of ether oxygens (including phenoxy) is 3. The quantitative estimate of drug-likeness (QED) is 0.708. The van der Waals surface area contributed by atoms with E-state index in [2.05, 4.69) is 0 Å². The van der Waals surface area contributed by atoms with Crippen LogP contribution in [0.1, 0.15) is 53.9 Å². The molecule has 142 valence electrons. The first kappa shape index (κ1) is 19.7. The van der Waals surface area contributed by atoms with Crippen LogP contribution in [-0.2, 0) is 23.8 Å². The number of methoxy groups -OCH3 is 1. The molecule has 25 heavy (non-hydrogen) atoms. The molecule has 7 nitrogen and oxygen atoms in total. The van der Waals surface area contributed by atoms with Crippen molar-refractivity contribution in [3.63, 3.8) is 0 Å². The molecule has 0 aromatic heterocycles. The number of hydrogen-bond donors (Lipinski definition) is 0. The lowest BCUT2D eigenvalue weighted by atomic mass is 9.74. The summed E-state index contributed by atoms with van der Waals surface area (Å²) in [7, 11) is 1.34. The molecular formula is C18H29NO6. The Bertz CT molecular complexity index is 550. The van der Waals surface area contributed by atoms with Gasteiger partial charge in [0.25, 0.3) is 0 Å². The van der Waals surface area contributed by atoms with E-state index in [1.165, 1.54) is 12.0 Å². The first-order valence-corrected chi connectivity index (χ1v) is 8.72. The van der Waals surface area contributed by atoms with Gasteiger partial charge in [0.1, 0.15) is 17.1 Å². The number of hydrogen-bond acceptors (Lipinski definition) is 6. The lowest BCUT2D eigenvalue weighted by Gasteiger charge is -2.40. The fourth-order valence-electron chi connectivity index (χ4n) is 3.70. The molecule has 2 aliphatic rings. The summed E-state index contributed by atoms with van der Waals surface area (Å²) in [5.41, 5.74) is -1.52. The van der Waals surface area contributed by atoms with Crippen molar-refractivity contribution in [2.45, 2.75) is 71.2 Å². The van der Waals surface area contributed by atoms with E-state index in [0.717, 1.165) is 0 Å². The van der Waals surface area contributed by atoms with Gasteiger partial charge in [0, 0.05) is 18.8 Å². The average Bonchev–Trinajstić information content (AvgIpc) is 2.80. The van der Waals surface area contributed by atoms with E-state index in [-0.39, 0.29) is 30.7 Å². The molecule has 0 aromatic rings. The van der Waals surface area contributed by atoms with Crippen LogP contribution in [0.25, 0.3) is 0 Å². The number of carbonyl (C=O) groups excluding carboxylic acids is 3. The third-order valence-corrected chi connectivity index (χ3v) is 4.82. The van der Waals surface area contributed by atoms with Crippen molar-refractivity contribution in [1.82, 2.24) is 4.90 Å². The molecule has 0 bridgehead atoms. The zero-order valence-electron chi connectivity index (χ0n) is 16.0. The molecule has 0 N–H and O–H groups in total. The number of nitrogens with zero attached hydrogens (tertiary/aromatic N) is 1. The fraction of sp³-hybridized carbons (Fsp3) is 0.833. The molecule has 1 aliphatic heterocycles. The van der Waals surface area contributed by atoms with Gasteiger partial charge in [-0.15, -0.1) is 0 Å². The lowest BCUT2D eigenvalue weighted by molar-refractivity contribution is -0.151. The van der Waals surface area contributed by atoms with E-state index in [1.54, 1.807) is 34.6 Å². The Balaban J connectivity index is 2.31. The molecule has 1 saturated heterocycles. The summed E-state index contributed by atoms with van der Waals surface area (Å²) in [5, 5.41) is 0. The van der Waals surface area contributed by atoms with Crippen molar-refractivity contribution >= 4 is 17.8 Å². The number of ketones is 1. The first-order valence-electron chi connectivity index (χ1n) is 8.72.